The molecule has 8 heteroatoms. The highest BCUT2D eigenvalue weighted by Gasteiger charge is 2.16. The van der Waals surface area contributed by atoms with Crippen molar-refractivity contribution in [3.05, 3.63) is 47.3 Å². The number of sulfone groups is 1. The van der Waals surface area contributed by atoms with Gasteiger partial charge in [-0.25, -0.2) is 8.42 Å². The number of aryl methyl sites for hydroxylation is 2. The quantitative estimate of drug-likeness (QED) is 0.553. The molecule has 1 unspecified atom stereocenters. The summed E-state index contributed by atoms with van der Waals surface area (Å²) in [6.07, 6.45) is 0.814. The average molecular weight is 392 g/mol. The Morgan fingerprint density at radius 2 is 1.93 bits per heavy atom. The Morgan fingerprint density at radius 1 is 1.26 bits per heavy atom. The molecule has 1 aromatic carbocycles. The summed E-state index contributed by atoms with van der Waals surface area (Å²) in [5.74, 6) is 0.595. The maximum Gasteiger partial charge on any atom is 0.191 e. The van der Waals surface area contributed by atoms with Gasteiger partial charge in [-0.15, -0.1) is 0 Å². The van der Waals surface area contributed by atoms with E-state index in [9.17, 15) is 8.42 Å². The van der Waals surface area contributed by atoms with Gasteiger partial charge in [0.25, 0.3) is 0 Å². The molecule has 2 rings (SSSR count). The van der Waals surface area contributed by atoms with Gasteiger partial charge in [0.1, 0.15) is 0 Å². The van der Waals surface area contributed by atoms with Crippen LogP contribution in [0.5, 0.6) is 0 Å². The van der Waals surface area contributed by atoms with Gasteiger partial charge >= 0.3 is 0 Å². The van der Waals surface area contributed by atoms with E-state index in [0.717, 1.165) is 17.8 Å². The molecule has 0 spiro atoms. The van der Waals surface area contributed by atoms with Crippen molar-refractivity contribution in [2.24, 2.45) is 12.0 Å². The molecule has 0 aliphatic carbocycles. The van der Waals surface area contributed by atoms with E-state index >= 15 is 0 Å². The number of nitrogens with one attached hydrogen (secondary N) is 2. The van der Waals surface area contributed by atoms with E-state index in [1.54, 1.807) is 37.4 Å². The van der Waals surface area contributed by atoms with Crippen LogP contribution in [0.25, 0.3) is 0 Å². The first-order valence-electron chi connectivity index (χ1n) is 8.98. The van der Waals surface area contributed by atoms with Gasteiger partial charge in [-0.3, -0.25) is 9.67 Å². The van der Waals surface area contributed by atoms with Crippen LogP contribution in [-0.4, -0.2) is 49.5 Å². The summed E-state index contributed by atoms with van der Waals surface area (Å²) in [4.78, 5) is 4.53. The first-order chi connectivity index (χ1) is 12.7. The number of hydrogen-bond acceptors (Lipinski definition) is 4. The smallest absolute Gasteiger partial charge is 0.191 e. The summed E-state index contributed by atoms with van der Waals surface area (Å²) in [7, 11) is 0.311. The number of hydrogen-bond donors (Lipinski definition) is 2. The molecule has 148 valence electrons. The molecule has 0 saturated heterocycles. The van der Waals surface area contributed by atoms with Gasteiger partial charge in [-0.1, -0.05) is 18.2 Å². The van der Waals surface area contributed by atoms with Gasteiger partial charge in [-0.05, 0) is 44.9 Å². The molecule has 0 amide bonds. The fourth-order valence-corrected chi connectivity index (χ4v) is 4.13. The molecule has 2 aromatic rings. The molecule has 2 N–H and O–H groups in total. The molecule has 7 nitrogen and oxygen atoms in total. The zero-order chi connectivity index (χ0) is 20.0. The van der Waals surface area contributed by atoms with E-state index < -0.39 is 9.84 Å². The Kier molecular flexibility index (Phi) is 7.01. The number of guanidine groups is 1. The highest BCUT2D eigenvalue weighted by Crippen LogP contribution is 2.14. The lowest BCUT2D eigenvalue weighted by Gasteiger charge is -2.18. The Hall–Kier alpha value is -2.35. The minimum atomic E-state index is -3.31. The molecule has 0 radical (unpaired) electrons. The van der Waals surface area contributed by atoms with Crippen LogP contribution in [-0.2, 0) is 23.3 Å². The normalized spacial score (nSPS) is 13.4. The molecule has 1 aromatic heterocycles. The predicted octanol–water partition coefficient (Wildman–Crippen LogP) is 1.61. The first kappa shape index (κ1) is 21.0. The third-order valence-corrected chi connectivity index (χ3v) is 6.27. The maximum atomic E-state index is 12.3. The average Bonchev–Trinajstić information content (AvgIpc) is 2.87. The molecular formula is C19H29N5O2S. The second-order valence-corrected chi connectivity index (χ2v) is 8.76. The standard InChI is InChI=1S/C19H29N5O2S/c1-14(13-18-15(2)23-24(5)16(18)3)22-19(20-4)21-11-12-27(25,26)17-9-7-6-8-10-17/h6-10,14H,11-13H2,1-5H3,(H2,20,21,22). The topological polar surface area (TPSA) is 88.4 Å². The second-order valence-electron chi connectivity index (χ2n) is 6.65. The van der Waals surface area contributed by atoms with Crippen molar-refractivity contribution in [1.82, 2.24) is 20.4 Å². The largest absolute Gasteiger partial charge is 0.355 e. The van der Waals surface area contributed by atoms with Gasteiger partial charge < -0.3 is 10.6 Å². The van der Waals surface area contributed by atoms with Crippen LogP contribution < -0.4 is 10.6 Å². The van der Waals surface area contributed by atoms with Crippen LogP contribution in [0, 0.1) is 13.8 Å². The maximum absolute atomic E-state index is 12.3. The van der Waals surface area contributed by atoms with Gasteiger partial charge in [0.15, 0.2) is 15.8 Å². The predicted molar refractivity (Wildman–Crippen MR) is 109 cm³/mol. The van der Waals surface area contributed by atoms with Gasteiger partial charge in [-0.2, -0.15) is 5.10 Å². The highest BCUT2D eigenvalue weighted by atomic mass is 32.2. The molecule has 1 heterocycles. The lowest BCUT2D eigenvalue weighted by atomic mass is 10.1. The molecule has 0 fully saturated rings. The summed E-state index contributed by atoms with van der Waals surface area (Å²) in [6, 6.07) is 8.61. The van der Waals surface area contributed by atoms with Gasteiger partial charge in [0.2, 0.25) is 0 Å². The van der Waals surface area contributed by atoms with Crippen LogP contribution in [0.4, 0.5) is 0 Å². The lowest BCUT2D eigenvalue weighted by Crippen LogP contribution is -2.44. The van der Waals surface area contributed by atoms with E-state index in [1.807, 2.05) is 18.7 Å². The summed E-state index contributed by atoms with van der Waals surface area (Å²) in [5, 5.41) is 10.8. The molecule has 27 heavy (non-hydrogen) atoms. The van der Waals surface area contributed by atoms with Crippen LogP contribution in [0.1, 0.15) is 23.9 Å². The lowest BCUT2D eigenvalue weighted by molar-refractivity contribution is 0.593. The second kappa shape index (κ2) is 9.03. The van der Waals surface area contributed by atoms with Crippen molar-refractivity contribution < 1.29 is 8.42 Å². The fraction of sp³-hybridized carbons (Fsp3) is 0.474. The minimum Gasteiger partial charge on any atom is -0.355 e. The van der Waals surface area contributed by atoms with Crippen molar-refractivity contribution >= 4 is 15.8 Å². The van der Waals surface area contributed by atoms with Gasteiger partial charge in [0, 0.05) is 32.4 Å². The SMILES string of the molecule is CN=C(NCCS(=O)(=O)c1ccccc1)NC(C)Cc1c(C)nn(C)c1C. The Morgan fingerprint density at radius 3 is 2.48 bits per heavy atom. The zero-order valence-electron chi connectivity index (χ0n) is 16.7. The molecule has 0 saturated carbocycles. The summed E-state index contributed by atoms with van der Waals surface area (Å²) >= 11 is 0. The number of nitrogens with zero attached hydrogens (tertiary/aromatic N) is 3. The minimum absolute atomic E-state index is 0.00686. The summed E-state index contributed by atoms with van der Waals surface area (Å²) in [6.45, 7) is 6.42. The third kappa shape index (κ3) is 5.56. The number of aliphatic imine (C=N–C) groups is 1. The van der Waals surface area contributed by atoms with E-state index in [4.69, 9.17) is 0 Å². The van der Waals surface area contributed by atoms with Crippen LogP contribution in [0.15, 0.2) is 40.2 Å². The Balaban J connectivity index is 1.88. The summed E-state index contributed by atoms with van der Waals surface area (Å²) < 4.78 is 26.6. The van der Waals surface area contributed by atoms with E-state index in [2.05, 4.69) is 34.6 Å². The molecule has 0 aliphatic rings. The molecule has 0 bridgehead atoms. The van der Waals surface area contributed by atoms with E-state index in [1.165, 1.54) is 5.56 Å². The van der Waals surface area contributed by atoms with Crippen molar-refractivity contribution in [3.8, 4) is 0 Å². The number of rotatable bonds is 7. The Labute approximate surface area is 161 Å². The van der Waals surface area contributed by atoms with Crippen molar-refractivity contribution in [1.29, 1.82) is 0 Å². The van der Waals surface area contributed by atoms with E-state index in [-0.39, 0.29) is 18.3 Å². The van der Waals surface area contributed by atoms with Crippen LogP contribution >= 0.6 is 0 Å². The Bertz CT molecular complexity index is 888. The van der Waals surface area contributed by atoms with Gasteiger partial charge in [0.05, 0.1) is 16.3 Å². The number of benzene rings is 1. The van der Waals surface area contributed by atoms with Crippen LogP contribution in [0.3, 0.4) is 0 Å². The third-order valence-electron chi connectivity index (χ3n) is 4.54. The van der Waals surface area contributed by atoms with Crippen LogP contribution in [0.2, 0.25) is 0 Å². The monoisotopic (exact) mass is 391 g/mol. The van der Waals surface area contributed by atoms with Crippen molar-refractivity contribution in [3.63, 3.8) is 0 Å². The molecule has 0 aliphatic heterocycles. The summed E-state index contributed by atoms with van der Waals surface area (Å²) in [5.41, 5.74) is 3.40. The first-order valence-corrected chi connectivity index (χ1v) is 10.6. The number of aromatic nitrogens is 2. The van der Waals surface area contributed by atoms with E-state index in [0.29, 0.717) is 10.9 Å². The van der Waals surface area contributed by atoms with Crippen molar-refractivity contribution in [2.75, 3.05) is 19.3 Å². The highest BCUT2D eigenvalue weighted by molar-refractivity contribution is 7.91. The van der Waals surface area contributed by atoms with Crippen molar-refractivity contribution in [2.45, 2.75) is 38.1 Å². The zero-order valence-corrected chi connectivity index (χ0v) is 17.5. The fourth-order valence-electron chi connectivity index (χ4n) is 2.95. The molecular weight excluding hydrogens is 362 g/mol. The molecule has 1 atom stereocenters.